The summed E-state index contributed by atoms with van der Waals surface area (Å²) in [6.07, 6.45) is 0.742. The van der Waals surface area contributed by atoms with Gasteiger partial charge in [0, 0.05) is 34.3 Å². The Morgan fingerprint density at radius 3 is 2.21 bits per heavy atom. The number of hydrogen-bond acceptors (Lipinski definition) is 6. The monoisotopic (exact) mass is 394 g/mol. The topological polar surface area (TPSA) is 62.2 Å². The van der Waals surface area contributed by atoms with Crippen LogP contribution in [0.3, 0.4) is 0 Å². The molecule has 0 aliphatic carbocycles. The Bertz CT molecular complexity index is 1040. The predicted octanol–water partition coefficient (Wildman–Crippen LogP) is 5.00. The largest absolute Gasteiger partial charge is 0.496 e. The smallest absolute Gasteiger partial charge is 0.134 e. The third-order valence-corrected chi connectivity index (χ3v) is 4.80. The van der Waals surface area contributed by atoms with Crippen molar-refractivity contribution in [3.8, 4) is 28.4 Å². The number of methoxy groups -OCH3 is 3. The van der Waals surface area contributed by atoms with Crippen LogP contribution >= 0.6 is 0 Å². The molecule has 0 amide bonds. The van der Waals surface area contributed by atoms with Crippen LogP contribution in [0.2, 0.25) is 0 Å². The van der Waals surface area contributed by atoms with Gasteiger partial charge in [0.05, 0.1) is 38.1 Å². The van der Waals surface area contributed by atoms with E-state index >= 15 is 0 Å². The summed E-state index contributed by atoms with van der Waals surface area (Å²) in [4.78, 5) is 9.91. The SMILES string of the molecule is CC/C(=N\OC)c1cc(C)nc2c(-c3c(OC)cc(OC)cc3OC)cccc12. The number of fused-ring (bicyclic) bond motifs is 1. The molecule has 3 aromatic rings. The molecule has 0 unspecified atom stereocenters. The molecule has 0 N–H and O–H groups in total. The number of hydrogen-bond donors (Lipinski definition) is 0. The second-order valence-corrected chi connectivity index (χ2v) is 6.49. The van der Waals surface area contributed by atoms with Gasteiger partial charge in [-0.3, -0.25) is 4.98 Å². The molecule has 2 aromatic carbocycles. The summed E-state index contributed by atoms with van der Waals surface area (Å²) >= 11 is 0. The van der Waals surface area contributed by atoms with Crippen molar-refractivity contribution < 1.29 is 19.0 Å². The lowest BCUT2D eigenvalue weighted by Gasteiger charge is -2.17. The molecule has 0 atom stereocenters. The first-order valence-electron chi connectivity index (χ1n) is 9.39. The Morgan fingerprint density at radius 1 is 0.966 bits per heavy atom. The van der Waals surface area contributed by atoms with Gasteiger partial charge in [-0.05, 0) is 19.4 Å². The molecule has 1 heterocycles. The van der Waals surface area contributed by atoms with E-state index in [1.165, 1.54) is 0 Å². The second-order valence-electron chi connectivity index (χ2n) is 6.49. The molecule has 0 saturated carbocycles. The molecule has 0 aliphatic heterocycles. The lowest BCUT2D eigenvalue weighted by Crippen LogP contribution is -2.04. The number of oxime groups is 1. The van der Waals surface area contributed by atoms with Gasteiger partial charge in [0.1, 0.15) is 24.4 Å². The highest BCUT2D eigenvalue weighted by molar-refractivity contribution is 6.12. The van der Waals surface area contributed by atoms with Crippen LogP contribution in [-0.2, 0) is 4.84 Å². The Balaban J connectivity index is 2.39. The molecule has 6 nitrogen and oxygen atoms in total. The van der Waals surface area contributed by atoms with Crippen LogP contribution in [0.4, 0.5) is 0 Å². The fraction of sp³-hybridized carbons (Fsp3) is 0.304. The molecule has 0 radical (unpaired) electrons. The van der Waals surface area contributed by atoms with Crippen molar-refractivity contribution in [1.82, 2.24) is 4.98 Å². The lowest BCUT2D eigenvalue weighted by molar-refractivity contribution is 0.213. The molecule has 152 valence electrons. The van der Waals surface area contributed by atoms with E-state index in [1.54, 1.807) is 28.4 Å². The van der Waals surface area contributed by atoms with Crippen LogP contribution in [-0.4, -0.2) is 39.1 Å². The highest BCUT2D eigenvalue weighted by atomic mass is 16.6. The minimum atomic E-state index is 0.653. The zero-order valence-corrected chi connectivity index (χ0v) is 17.7. The summed E-state index contributed by atoms with van der Waals surface area (Å²) in [6, 6.07) is 11.8. The predicted molar refractivity (Wildman–Crippen MR) is 115 cm³/mol. The van der Waals surface area contributed by atoms with Crippen LogP contribution < -0.4 is 14.2 Å². The molecular weight excluding hydrogens is 368 g/mol. The lowest BCUT2D eigenvalue weighted by atomic mass is 9.95. The Kier molecular flexibility index (Phi) is 6.22. The average Bonchev–Trinajstić information content (AvgIpc) is 2.75. The van der Waals surface area contributed by atoms with Gasteiger partial charge in [-0.15, -0.1) is 0 Å². The highest BCUT2D eigenvalue weighted by Crippen LogP contribution is 2.44. The Labute approximate surface area is 171 Å². The number of para-hydroxylation sites is 1. The molecule has 0 aliphatic rings. The number of nitrogens with zero attached hydrogens (tertiary/aromatic N) is 2. The number of rotatable bonds is 7. The van der Waals surface area contributed by atoms with E-state index in [1.807, 2.05) is 43.3 Å². The molecule has 0 saturated heterocycles. The van der Waals surface area contributed by atoms with Crippen molar-refractivity contribution in [3.05, 3.63) is 47.7 Å². The van der Waals surface area contributed by atoms with E-state index in [-0.39, 0.29) is 0 Å². The van der Waals surface area contributed by atoms with E-state index in [0.717, 1.165) is 45.4 Å². The van der Waals surface area contributed by atoms with Gasteiger partial charge in [-0.2, -0.15) is 0 Å². The number of ether oxygens (including phenoxy) is 3. The summed E-state index contributed by atoms with van der Waals surface area (Å²) in [5, 5.41) is 5.21. The maximum Gasteiger partial charge on any atom is 0.134 e. The third-order valence-electron chi connectivity index (χ3n) is 4.80. The normalized spacial score (nSPS) is 11.4. The third kappa shape index (κ3) is 3.83. The number of aromatic nitrogens is 1. The van der Waals surface area contributed by atoms with E-state index in [4.69, 9.17) is 24.0 Å². The zero-order valence-electron chi connectivity index (χ0n) is 17.7. The first-order chi connectivity index (χ1) is 14.1. The highest BCUT2D eigenvalue weighted by Gasteiger charge is 2.20. The minimum absolute atomic E-state index is 0.653. The standard InChI is InChI=1S/C23H26N2O4/c1-7-19(25-29-6)18-11-14(2)24-23-16(18)9-8-10-17(23)22-20(27-4)12-15(26-3)13-21(22)28-5/h8-13H,7H2,1-6H3/b25-19+. The molecule has 0 spiro atoms. The number of pyridine rings is 1. The molecular formula is C23H26N2O4. The first-order valence-corrected chi connectivity index (χ1v) is 9.39. The van der Waals surface area contributed by atoms with Gasteiger partial charge in [-0.25, -0.2) is 0 Å². The average molecular weight is 394 g/mol. The first kappa shape index (κ1) is 20.5. The van der Waals surface area contributed by atoms with Crippen LogP contribution in [0.5, 0.6) is 17.2 Å². The molecule has 0 fully saturated rings. The molecule has 0 bridgehead atoms. The van der Waals surface area contributed by atoms with Crippen molar-refractivity contribution in [2.45, 2.75) is 20.3 Å². The van der Waals surface area contributed by atoms with Crippen LogP contribution in [0.1, 0.15) is 24.6 Å². The summed E-state index contributed by atoms with van der Waals surface area (Å²) in [5.41, 5.74) is 5.35. The van der Waals surface area contributed by atoms with Crippen molar-refractivity contribution in [2.75, 3.05) is 28.4 Å². The van der Waals surface area contributed by atoms with Gasteiger partial charge in [0.25, 0.3) is 0 Å². The van der Waals surface area contributed by atoms with Gasteiger partial charge >= 0.3 is 0 Å². The Morgan fingerprint density at radius 2 is 1.66 bits per heavy atom. The molecule has 6 heteroatoms. The van der Waals surface area contributed by atoms with Crippen molar-refractivity contribution in [3.63, 3.8) is 0 Å². The van der Waals surface area contributed by atoms with Crippen molar-refractivity contribution in [1.29, 1.82) is 0 Å². The maximum absolute atomic E-state index is 5.67. The number of benzene rings is 2. The fourth-order valence-corrected chi connectivity index (χ4v) is 3.50. The van der Waals surface area contributed by atoms with Crippen LogP contribution in [0, 0.1) is 6.92 Å². The van der Waals surface area contributed by atoms with Gasteiger partial charge in [-0.1, -0.05) is 30.3 Å². The van der Waals surface area contributed by atoms with E-state index in [9.17, 15) is 0 Å². The zero-order chi connectivity index (χ0) is 21.0. The summed E-state index contributed by atoms with van der Waals surface area (Å²) in [5.74, 6) is 1.97. The summed E-state index contributed by atoms with van der Waals surface area (Å²) in [6.45, 7) is 4.03. The van der Waals surface area contributed by atoms with E-state index in [2.05, 4.69) is 12.1 Å². The molecule has 29 heavy (non-hydrogen) atoms. The molecule has 1 aromatic heterocycles. The second kappa shape index (κ2) is 8.82. The Hall–Kier alpha value is -3.28. The fourth-order valence-electron chi connectivity index (χ4n) is 3.50. The van der Waals surface area contributed by atoms with E-state index in [0.29, 0.717) is 17.2 Å². The minimum Gasteiger partial charge on any atom is -0.496 e. The van der Waals surface area contributed by atoms with Crippen molar-refractivity contribution >= 4 is 16.6 Å². The van der Waals surface area contributed by atoms with Gasteiger partial charge < -0.3 is 19.0 Å². The van der Waals surface area contributed by atoms with E-state index < -0.39 is 0 Å². The van der Waals surface area contributed by atoms with Gasteiger partial charge in [0.2, 0.25) is 0 Å². The quantitative estimate of drug-likeness (QED) is 0.417. The number of aryl methyl sites for hydroxylation is 1. The maximum atomic E-state index is 5.67. The molecule has 3 rings (SSSR count). The van der Waals surface area contributed by atoms with Gasteiger partial charge in [0.15, 0.2) is 0 Å². The van der Waals surface area contributed by atoms with Crippen LogP contribution in [0.15, 0.2) is 41.6 Å². The van der Waals surface area contributed by atoms with Crippen LogP contribution in [0.25, 0.3) is 22.0 Å². The summed E-state index contributed by atoms with van der Waals surface area (Å²) < 4.78 is 16.7. The van der Waals surface area contributed by atoms with Crippen molar-refractivity contribution in [2.24, 2.45) is 5.16 Å². The summed E-state index contributed by atoms with van der Waals surface area (Å²) in [7, 11) is 6.44.